The molecule has 13 nitrogen and oxygen atoms in total. The number of esters is 2. The second kappa shape index (κ2) is 17.5. The number of thioether (sulfide) groups is 1. The first-order valence-electron chi connectivity index (χ1n) is 15.4. The molecular weight excluding hydrogens is 614 g/mol. The van der Waals surface area contributed by atoms with Crippen LogP contribution in [-0.4, -0.2) is 106 Å². The molecule has 1 saturated heterocycles. The second-order valence-corrected chi connectivity index (χ2v) is 12.5. The van der Waals surface area contributed by atoms with Crippen LogP contribution in [0.1, 0.15) is 64.4 Å². The quantitative estimate of drug-likeness (QED) is 0.145. The van der Waals surface area contributed by atoms with Gasteiger partial charge in [0.25, 0.3) is 5.91 Å². The minimum Gasteiger partial charge on any atom is -0.466 e. The first-order valence-corrected chi connectivity index (χ1v) is 16.3. The molecule has 14 heteroatoms. The lowest BCUT2D eigenvalue weighted by Crippen LogP contribution is -2.56. The predicted molar refractivity (Wildman–Crippen MR) is 171 cm³/mol. The summed E-state index contributed by atoms with van der Waals surface area (Å²) in [6.45, 7) is 10.3. The summed E-state index contributed by atoms with van der Waals surface area (Å²) in [4.78, 5) is 76.1. The van der Waals surface area contributed by atoms with Crippen molar-refractivity contribution in [3.8, 4) is 11.4 Å². The zero-order valence-corrected chi connectivity index (χ0v) is 27.9. The molecule has 1 aromatic carbocycles. The molecule has 0 saturated carbocycles. The number of carbonyl (C=O) groups is 5. The maximum atomic E-state index is 13.7. The number of aromatic nitrogens is 2. The molecule has 1 aliphatic heterocycles. The number of piperazine rings is 1. The highest BCUT2D eigenvalue weighted by Gasteiger charge is 2.32. The molecule has 0 spiro atoms. The van der Waals surface area contributed by atoms with E-state index in [-0.39, 0.29) is 76.2 Å². The smallest absolute Gasteiger partial charge is 0.409 e. The van der Waals surface area contributed by atoms with Crippen molar-refractivity contribution < 1.29 is 38.2 Å². The molecule has 3 rings (SSSR count). The third-order valence-corrected chi connectivity index (χ3v) is 7.52. The predicted octanol–water partition coefficient (Wildman–Crippen LogP) is 3.71. The number of hydrogen-bond acceptors (Lipinski definition) is 11. The summed E-state index contributed by atoms with van der Waals surface area (Å²) < 4.78 is 15.5. The fourth-order valence-electron chi connectivity index (χ4n) is 4.49. The van der Waals surface area contributed by atoms with E-state index in [1.54, 1.807) is 39.5 Å². The van der Waals surface area contributed by atoms with E-state index in [4.69, 9.17) is 14.2 Å². The van der Waals surface area contributed by atoms with Crippen molar-refractivity contribution in [1.29, 1.82) is 0 Å². The van der Waals surface area contributed by atoms with Crippen molar-refractivity contribution in [3.05, 3.63) is 42.1 Å². The van der Waals surface area contributed by atoms with Gasteiger partial charge in [-0.2, -0.15) is 0 Å². The standard InChI is InChI=1S/C32H43N5O8S/c1-6-43-26(38)15-20-46-25-21-24(33-28(35-25)22-11-9-8-10-12-22)29(40)34-23(13-14-27(39)45-32(3,4)5)30(41)36-16-18-37(19-17-36)31(42)44-7-2/h8-12,21,23H,6-7,13-20H2,1-5H3,(H,34,40)/t23-/m0/s1. The van der Waals surface area contributed by atoms with Crippen LogP contribution in [0, 0.1) is 0 Å². The van der Waals surface area contributed by atoms with E-state index in [9.17, 15) is 24.0 Å². The van der Waals surface area contributed by atoms with Gasteiger partial charge in [-0.25, -0.2) is 14.8 Å². The highest BCUT2D eigenvalue weighted by atomic mass is 32.2. The maximum Gasteiger partial charge on any atom is 0.409 e. The summed E-state index contributed by atoms with van der Waals surface area (Å²) in [5.74, 6) is -1.17. The Labute approximate surface area is 273 Å². The maximum absolute atomic E-state index is 13.7. The number of nitrogens with one attached hydrogen (secondary N) is 1. The van der Waals surface area contributed by atoms with Gasteiger partial charge in [0.05, 0.1) is 19.6 Å². The fourth-order valence-corrected chi connectivity index (χ4v) is 5.32. The summed E-state index contributed by atoms with van der Waals surface area (Å²) in [5.41, 5.74) is -0.00420. The van der Waals surface area contributed by atoms with Crippen LogP contribution in [-0.2, 0) is 28.6 Å². The van der Waals surface area contributed by atoms with Gasteiger partial charge in [-0.05, 0) is 41.0 Å². The van der Waals surface area contributed by atoms with Crippen LogP contribution in [0.25, 0.3) is 11.4 Å². The number of rotatable bonds is 13. The molecule has 0 aliphatic carbocycles. The van der Waals surface area contributed by atoms with E-state index in [0.717, 1.165) is 0 Å². The Kier molecular flexibility index (Phi) is 13.8. The van der Waals surface area contributed by atoms with Crippen LogP contribution in [0.15, 0.2) is 41.4 Å². The molecule has 1 fully saturated rings. The second-order valence-electron chi connectivity index (χ2n) is 11.3. The number of ether oxygens (including phenoxy) is 3. The highest BCUT2D eigenvalue weighted by Crippen LogP contribution is 2.23. The van der Waals surface area contributed by atoms with Crippen molar-refractivity contribution >= 4 is 41.6 Å². The van der Waals surface area contributed by atoms with E-state index in [2.05, 4.69) is 15.3 Å². The van der Waals surface area contributed by atoms with Gasteiger partial charge in [0.2, 0.25) is 5.91 Å². The molecule has 2 heterocycles. The fraction of sp³-hybridized carbons (Fsp3) is 0.531. The van der Waals surface area contributed by atoms with Gasteiger partial charge < -0.3 is 29.3 Å². The molecule has 3 amide bonds. The summed E-state index contributed by atoms with van der Waals surface area (Å²) in [6, 6.07) is 9.57. The van der Waals surface area contributed by atoms with Gasteiger partial charge in [-0.3, -0.25) is 19.2 Å². The molecule has 0 unspecified atom stereocenters. The van der Waals surface area contributed by atoms with Gasteiger partial charge in [0.15, 0.2) is 5.82 Å². The Morgan fingerprint density at radius 1 is 0.891 bits per heavy atom. The molecule has 1 aliphatic rings. The number of hydrogen-bond donors (Lipinski definition) is 1. The zero-order valence-electron chi connectivity index (χ0n) is 27.1. The van der Waals surface area contributed by atoms with E-state index < -0.39 is 29.6 Å². The van der Waals surface area contributed by atoms with Crippen LogP contribution in [0.5, 0.6) is 0 Å². The van der Waals surface area contributed by atoms with Crippen molar-refractivity contribution in [2.75, 3.05) is 45.1 Å². The average molecular weight is 658 g/mol. The summed E-state index contributed by atoms with van der Waals surface area (Å²) in [5, 5.41) is 3.25. The average Bonchev–Trinajstić information content (AvgIpc) is 3.02. The topological polar surface area (TPSA) is 157 Å². The largest absolute Gasteiger partial charge is 0.466 e. The van der Waals surface area contributed by atoms with Gasteiger partial charge in [-0.1, -0.05) is 30.3 Å². The van der Waals surface area contributed by atoms with Crippen molar-refractivity contribution in [2.24, 2.45) is 0 Å². The molecule has 2 aromatic rings. The summed E-state index contributed by atoms with van der Waals surface area (Å²) in [7, 11) is 0. The van der Waals surface area contributed by atoms with Crippen LogP contribution in [0.4, 0.5) is 4.79 Å². The minimum absolute atomic E-state index is 0.00461. The lowest BCUT2D eigenvalue weighted by Gasteiger charge is -2.36. The Morgan fingerprint density at radius 3 is 2.17 bits per heavy atom. The minimum atomic E-state index is -1.07. The molecular formula is C32H43N5O8S. The number of carbonyl (C=O) groups excluding carboxylic acids is 5. The van der Waals surface area contributed by atoms with E-state index >= 15 is 0 Å². The third-order valence-electron chi connectivity index (χ3n) is 6.61. The lowest BCUT2D eigenvalue weighted by atomic mass is 10.1. The molecule has 0 bridgehead atoms. The Bertz CT molecular complexity index is 1360. The van der Waals surface area contributed by atoms with Crippen molar-refractivity contribution in [2.45, 2.75) is 70.6 Å². The summed E-state index contributed by atoms with van der Waals surface area (Å²) >= 11 is 1.28. The third kappa shape index (κ3) is 11.6. The SMILES string of the molecule is CCOC(=O)CCSc1cc(C(=O)N[C@@H](CCC(=O)OC(C)(C)C)C(=O)N2CCN(C(=O)OCC)CC2)nc(-c2ccccc2)n1. The number of amides is 3. The van der Waals surface area contributed by atoms with Gasteiger partial charge in [-0.15, -0.1) is 11.8 Å². The monoisotopic (exact) mass is 657 g/mol. The van der Waals surface area contributed by atoms with E-state index in [1.165, 1.54) is 22.7 Å². The lowest BCUT2D eigenvalue weighted by molar-refractivity contribution is -0.155. The zero-order chi connectivity index (χ0) is 33.7. The highest BCUT2D eigenvalue weighted by molar-refractivity contribution is 7.99. The molecule has 0 radical (unpaired) electrons. The van der Waals surface area contributed by atoms with Gasteiger partial charge in [0.1, 0.15) is 22.4 Å². The van der Waals surface area contributed by atoms with E-state index in [0.29, 0.717) is 22.2 Å². The molecule has 250 valence electrons. The van der Waals surface area contributed by atoms with Crippen LogP contribution >= 0.6 is 11.8 Å². The Balaban J connectivity index is 1.82. The number of benzene rings is 1. The number of nitrogens with zero attached hydrogens (tertiary/aromatic N) is 4. The Morgan fingerprint density at radius 2 is 1.54 bits per heavy atom. The van der Waals surface area contributed by atoms with Crippen LogP contribution < -0.4 is 5.32 Å². The molecule has 46 heavy (non-hydrogen) atoms. The van der Waals surface area contributed by atoms with Gasteiger partial charge in [0, 0.05) is 50.0 Å². The first-order chi connectivity index (χ1) is 21.9. The first kappa shape index (κ1) is 36.3. The summed E-state index contributed by atoms with van der Waals surface area (Å²) in [6.07, 6.45) is -0.395. The molecule has 1 N–H and O–H groups in total. The Hall–Kier alpha value is -4.20. The van der Waals surface area contributed by atoms with Crippen molar-refractivity contribution in [1.82, 2.24) is 25.1 Å². The normalized spacial score (nSPS) is 13.8. The van der Waals surface area contributed by atoms with Crippen LogP contribution in [0.2, 0.25) is 0 Å². The van der Waals surface area contributed by atoms with Crippen LogP contribution in [0.3, 0.4) is 0 Å². The van der Waals surface area contributed by atoms with Gasteiger partial charge >= 0.3 is 18.0 Å². The molecule has 1 atom stereocenters. The van der Waals surface area contributed by atoms with E-state index in [1.807, 2.05) is 30.3 Å². The van der Waals surface area contributed by atoms with Crippen molar-refractivity contribution in [3.63, 3.8) is 0 Å². The molecule has 1 aromatic heterocycles.